The number of ether oxygens (including phenoxy) is 1. The van der Waals surface area contributed by atoms with Crippen LogP contribution in [0.5, 0.6) is 0 Å². The van der Waals surface area contributed by atoms with E-state index in [2.05, 4.69) is 0 Å². The van der Waals surface area contributed by atoms with Crippen LogP contribution >= 0.6 is 0 Å². The minimum Gasteiger partial charge on any atom is -0.386 e. The number of alkyl halides is 6. The second-order valence-corrected chi connectivity index (χ2v) is 4.43. The molecule has 0 aliphatic rings. The first kappa shape index (κ1) is 17.8. The van der Waals surface area contributed by atoms with Gasteiger partial charge in [0.15, 0.2) is 0 Å². The van der Waals surface area contributed by atoms with Gasteiger partial charge in [0.1, 0.15) is 6.10 Å². The zero-order valence-electron chi connectivity index (χ0n) is 11.1. The summed E-state index contributed by atoms with van der Waals surface area (Å²) >= 11 is 0. The largest absolute Gasteiger partial charge is 0.416 e. The van der Waals surface area contributed by atoms with Gasteiger partial charge in [-0.25, -0.2) is 0 Å². The molecular weight excluding hydrogens is 302 g/mol. The van der Waals surface area contributed by atoms with Crippen LogP contribution in [0.25, 0.3) is 0 Å². The molecule has 1 aromatic rings. The highest BCUT2D eigenvalue weighted by atomic mass is 19.4. The molecule has 120 valence electrons. The Kier molecular flexibility index (Phi) is 5.63. The van der Waals surface area contributed by atoms with Crippen molar-refractivity contribution in [3.63, 3.8) is 0 Å². The fraction of sp³-hybridized carbons (Fsp3) is 0.538. The summed E-state index contributed by atoms with van der Waals surface area (Å²) in [5, 5.41) is 9.67. The molecule has 0 aliphatic heterocycles. The summed E-state index contributed by atoms with van der Waals surface area (Å²) in [7, 11) is 0. The number of benzene rings is 1. The van der Waals surface area contributed by atoms with E-state index in [9.17, 15) is 31.4 Å². The maximum absolute atomic E-state index is 12.6. The van der Waals surface area contributed by atoms with Crippen LogP contribution in [0.1, 0.15) is 36.1 Å². The van der Waals surface area contributed by atoms with Gasteiger partial charge in [-0.05, 0) is 30.2 Å². The van der Waals surface area contributed by atoms with Gasteiger partial charge in [0.2, 0.25) is 0 Å². The highest BCUT2D eigenvalue weighted by molar-refractivity contribution is 5.34. The molecule has 1 N–H and O–H groups in total. The van der Waals surface area contributed by atoms with E-state index in [1.165, 1.54) is 0 Å². The van der Waals surface area contributed by atoms with Gasteiger partial charge in [-0.2, -0.15) is 26.3 Å². The summed E-state index contributed by atoms with van der Waals surface area (Å²) in [5.74, 6) is 0. The van der Waals surface area contributed by atoms with Crippen molar-refractivity contribution < 1.29 is 36.2 Å². The molecule has 0 amide bonds. The summed E-state index contributed by atoms with van der Waals surface area (Å²) in [6.07, 6.45) is -10.8. The molecule has 0 saturated heterocycles. The van der Waals surface area contributed by atoms with Crippen LogP contribution in [0.15, 0.2) is 18.2 Å². The molecule has 0 aromatic heterocycles. The van der Waals surface area contributed by atoms with Crippen LogP contribution < -0.4 is 0 Å². The third-order valence-electron chi connectivity index (χ3n) is 2.62. The molecule has 0 fully saturated rings. The van der Waals surface area contributed by atoms with Crippen molar-refractivity contribution in [3.8, 4) is 0 Å². The highest BCUT2D eigenvalue weighted by Crippen LogP contribution is 2.37. The maximum Gasteiger partial charge on any atom is 0.416 e. The number of hydrogen-bond acceptors (Lipinski definition) is 2. The number of aliphatic hydroxyl groups is 1. The summed E-state index contributed by atoms with van der Waals surface area (Å²) < 4.78 is 80.7. The molecule has 1 rings (SSSR count). The average Bonchev–Trinajstić information content (AvgIpc) is 2.36. The number of aliphatic hydroxyl groups excluding tert-OH is 1. The van der Waals surface area contributed by atoms with Crippen LogP contribution in [-0.4, -0.2) is 18.3 Å². The molecular formula is C13H14F6O2. The van der Waals surface area contributed by atoms with Crippen molar-refractivity contribution >= 4 is 0 Å². The van der Waals surface area contributed by atoms with Gasteiger partial charge in [0.05, 0.1) is 17.7 Å². The molecule has 1 atom stereocenters. The Labute approximate surface area is 117 Å². The zero-order chi connectivity index (χ0) is 16.3. The van der Waals surface area contributed by atoms with Crippen LogP contribution in [0, 0.1) is 0 Å². The monoisotopic (exact) mass is 316 g/mol. The van der Waals surface area contributed by atoms with Crippen LogP contribution in [0.4, 0.5) is 26.3 Å². The second-order valence-electron chi connectivity index (χ2n) is 4.43. The fourth-order valence-electron chi connectivity index (χ4n) is 1.61. The Morgan fingerprint density at radius 3 is 1.86 bits per heavy atom. The average molecular weight is 316 g/mol. The van der Waals surface area contributed by atoms with Gasteiger partial charge in [-0.1, -0.05) is 6.92 Å². The molecule has 2 nitrogen and oxygen atoms in total. The fourth-order valence-corrected chi connectivity index (χ4v) is 1.61. The van der Waals surface area contributed by atoms with Crippen molar-refractivity contribution in [2.45, 2.75) is 31.8 Å². The lowest BCUT2D eigenvalue weighted by Crippen LogP contribution is -2.15. The smallest absolute Gasteiger partial charge is 0.386 e. The van der Waals surface area contributed by atoms with Crippen LogP contribution in [0.3, 0.4) is 0 Å². The van der Waals surface area contributed by atoms with Crippen molar-refractivity contribution in [3.05, 3.63) is 34.9 Å². The highest BCUT2D eigenvalue weighted by Gasteiger charge is 2.37. The molecule has 0 radical (unpaired) electrons. The molecule has 1 unspecified atom stereocenters. The molecule has 0 spiro atoms. The predicted octanol–water partition coefficient (Wildman–Crippen LogP) is 4.18. The summed E-state index contributed by atoms with van der Waals surface area (Å²) in [5.41, 5.74) is -3.39. The number of halogens is 6. The van der Waals surface area contributed by atoms with Gasteiger partial charge < -0.3 is 9.84 Å². The first-order chi connectivity index (χ1) is 9.55. The van der Waals surface area contributed by atoms with Gasteiger partial charge in [0, 0.05) is 6.61 Å². The van der Waals surface area contributed by atoms with Gasteiger partial charge in [0.25, 0.3) is 0 Å². The summed E-state index contributed by atoms with van der Waals surface area (Å²) in [6, 6.07) is 1.01. The lowest BCUT2D eigenvalue weighted by Gasteiger charge is -2.17. The lowest BCUT2D eigenvalue weighted by atomic mass is 10.0. The molecule has 0 saturated carbocycles. The third-order valence-corrected chi connectivity index (χ3v) is 2.62. The summed E-state index contributed by atoms with van der Waals surface area (Å²) in [6.45, 7) is 1.66. The Morgan fingerprint density at radius 2 is 1.48 bits per heavy atom. The van der Waals surface area contributed by atoms with Crippen molar-refractivity contribution in [1.82, 2.24) is 0 Å². The molecule has 8 heteroatoms. The Morgan fingerprint density at radius 1 is 1.00 bits per heavy atom. The van der Waals surface area contributed by atoms with E-state index in [0.29, 0.717) is 18.6 Å². The molecule has 1 aromatic carbocycles. The molecule has 21 heavy (non-hydrogen) atoms. The summed E-state index contributed by atoms with van der Waals surface area (Å²) in [4.78, 5) is 0. The van der Waals surface area contributed by atoms with E-state index in [1.807, 2.05) is 0 Å². The minimum atomic E-state index is -4.93. The van der Waals surface area contributed by atoms with Crippen LogP contribution in [0.2, 0.25) is 0 Å². The quantitative estimate of drug-likeness (QED) is 0.652. The van der Waals surface area contributed by atoms with E-state index in [4.69, 9.17) is 4.74 Å². The number of rotatable bonds is 5. The standard InChI is InChI=1S/C13H14F6O2/c1-2-3-21-7-11(20)8-4-9(12(14,15)16)6-10(5-8)13(17,18)19/h4-6,11,20H,2-3,7H2,1H3. The maximum atomic E-state index is 12.6. The van der Waals surface area contributed by atoms with Crippen molar-refractivity contribution in [2.24, 2.45) is 0 Å². The van der Waals surface area contributed by atoms with Gasteiger partial charge in [-0.15, -0.1) is 0 Å². The van der Waals surface area contributed by atoms with E-state index in [1.54, 1.807) is 6.92 Å². The molecule has 0 bridgehead atoms. The lowest BCUT2D eigenvalue weighted by molar-refractivity contribution is -0.143. The van der Waals surface area contributed by atoms with E-state index in [-0.39, 0.29) is 19.3 Å². The first-order valence-electron chi connectivity index (χ1n) is 6.11. The zero-order valence-corrected chi connectivity index (χ0v) is 11.1. The van der Waals surface area contributed by atoms with Crippen molar-refractivity contribution in [1.29, 1.82) is 0 Å². The Hall–Kier alpha value is -1.28. The van der Waals surface area contributed by atoms with Gasteiger partial charge >= 0.3 is 12.4 Å². The van der Waals surface area contributed by atoms with Crippen LogP contribution in [-0.2, 0) is 17.1 Å². The van der Waals surface area contributed by atoms with E-state index < -0.39 is 35.1 Å². The normalized spacial score (nSPS) is 14.3. The SMILES string of the molecule is CCCOCC(O)c1cc(C(F)(F)F)cc(C(F)(F)F)c1. The van der Waals surface area contributed by atoms with E-state index in [0.717, 1.165) is 0 Å². The predicted molar refractivity (Wildman–Crippen MR) is 62.5 cm³/mol. The Balaban J connectivity index is 3.13. The third kappa shape index (κ3) is 5.20. The second kappa shape index (κ2) is 6.65. The van der Waals surface area contributed by atoms with Crippen molar-refractivity contribution in [2.75, 3.05) is 13.2 Å². The number of hydrogen-bond donors (Lipinski definition) is 1. The molecule has 0 heterocycles. The topological polar surface area (TPSA) is 29.5 Å². The van der Waals surface area contributed by atoms with E-state index >= 15 is 0 Å². The van der Waals surface area contributed by atoms with Gasteiger partial charge in [-0.3, -0.25) is 0 Å². The minimum absolute atomic E-state index is 0.0170. The molecule has 0 aliphatic carbocycles. The first-order valence-corrected chi connectivity index (χ1v) is 6.11. The Bertz CT molecular complexity index is 434.